The number of hydrogen-bond acceptors (Lipinski definition) is 7. The molecule has 0 radical (unpaired) electrons. The summed E-state index contributed by atoms with van der Waals surface area (Å²) in [6, 6.07) is 1.95. The van der Waals surface area contributed by atoms with Crippen LogP contribution in [0.4, 0.5) is 5.95 Å². The molecule has 4 heterocycles. The van der Waals surface area contributed by atoms with Gasteiger partial charge in [0.25, 0.3) is 0 Å². The highest BCUT2D eigenvalue weighted by molar-refractivity contribution is 7.81. The Labute approximate surface area is 156 Å². The predicted molar refractivity (Wildman–Crippen MR) is 102 cm³/mol. The summed E-state index contributed by atoms with van der Waals surface area (Å²) >= 11 is 4.37. The Hall–Kier alpha value is -2.26. The number of nitrogens with one attached hydrogen (secondary N) is 1. The molecule has 3 aromatic rings. The largest absolute Gasteiger partial charge is 0.473 e. The Bertz CT molecular complexity index is 900. The van der Waals surface area contributed by atoms with Crippen molar-refractivity contribution < 1.29 is 9.47 Å². The maximum Gasteiger partial charge on any atom is 0.244 e. The minimum absolute atomic E-state index is 0.0659. The van der Waals surface area contributed by atoms with E-state index >= 15 is 0 Å². The molecule has 0 amide bonds. The zero-order chi connectivity index (χ0) is 18.1. The van der Waals surface area contributed by atoms with Crippen molar-refractivity contribution in [3.8, 4) is 11.6 Å². The smallest absolute Gasteiger partial charge is 0.244 e. The molecule has 1 atom stereocenters. The number of rotatable bonds is 5. The first-order valence-electron chi connectivity index (χ1n) is 8.67. The monoisotopic (exact) mass is 374 g/mol. The minimum atomic E-state index is -0.0659. The van der Waals surface area contributed by atoms with Crippen molar-refractivity contribution >= 4 is 29.6 Å². The Kier molecular flexibility index (Phi) is 4.73. The zero-order valence-corrected chi connectivity index (χ0v) is 15.7. The van der Waals surface area contributed by atoms with Crippen LogP contribution in [0.2, 0.25) is 0 Å². The van der Waals surface area contributed by atoms with E-state index in [9.17, 15) is 0 Å². The normalized spacial score (nSPS) is 16.7. The lowest BCUT2D eigenvalue weighted by atomic mass is 10.1. The van der Waals surface area contributed by atoms with Crippen LogP contribution in [-0.4, -0.2) is 49.0 Å². The van der Waals surface area contributed by atoms with E-state index in [1.807, 2.05) is 37.0 Å². The molecular weight excluding hydrogens is 352 g/mol. The van der Waals surface area contributed by atoms with Crippen LogP contribution in [0.5, 0.6) is 5.88 Å². The van der Waals surface area contributed by atoms with Crippen LogP contribution >= 0.6 is 12.6 Å². The average Bonchev–Trinajstić information content (AvgIpc) is 3.21. The number of aromatic nitrogens is 5. The third-order valence-corrected chi connectivity index (χ3v) is 4.38. The molecule has 1 fully saturated rings. The van der Waals surface area contributed by atoms with Crippen molar-refractivity contribution in [1.82, 2.24) is 24.3 Å². The van der Waals surface area contributed by atoms with Gasteiger partial charge in [-0.1, -0.05) is 0 Å². The second-order valence-electron chi connectivity index (χ2n) is 6.39. The lowest BCUT2D eigenvalue weighted by molar-refractivity contribution is 0.0243. The van der Waals surface area contributed by atoms with E-state index < -0.39 is 0 Å². The Morgan fingerprint density at radius 2 is 2.15 bits per heavy atom. The fourth-order valence-corrected chi connectivity index (χ4v) is 3.16. The number of anilines is 1. The van der Waals surface area contributed by atoms with Crippen molar-refractivity contribution in [2.75, 3.05) is 18.5 Å². The van der Waals surface area contributed by atoms with E-state index in [0.717, 1.165) is 29.6 Å². The van der Waals surface area contributed by atoms with Crippen LogP contribution < -0.4 is 10.1 Å². The predicted octanol–water partition coefficient (Wildman–Crippen LogP) is 2.40. The van der Waals surface area contributed by atoms with Gasteiger partial charge in [0.05, 0.1) is 36.0 Å². The lowest BCUT2D eigenvalue weighted by Gasteiger charge is -2.23. The molecule has 138 valence electrons. The van der Waals surface area contributed by atoms with Gasteiger partial charge in [-0.25, -0.2) is 4.98 Å². The SMILES string of the molecule is CC(S)Nc1nc(OC2CCOCC2)c2c(ccn2-c2cnn(C)c2)n1. The molecule has 0 aromatic carbocycles. The van der Waals surface area contributed by atoms with E-state index in [1.165, 1.54) is 0 Å². The third-order valence-electron chi connectivity index (χ3n) is 4.26. The molecule has 4 rings (SSSR count). The summed E-state index contributed by atoms with van der Waals surface area (Å²) in [4.78, 5) is 9.22. The Balaban J connectivity index is 1.79. The summed E-state index contributed by atoms with van der Waals surface area (Å²) in [5, 5.41) is 7.33. The van der Waals surface area contributed by atoms with Gasteiger partial charge in [-0.2, -0.15) is 22.7 Å². The molecule has 0 saturated carbocycles. The molecule has 3 aromatic heterocycles. The highest BCUT2D eigenvalue weighted by atomic mass is 32.1. The maximum atomic E-state index is 6.27. The van der Waals surface area contributed by atoms with Gasteiger partial charge in [0.2, 0.25) is 11.8 Å². The minimum Gasteiger partial charge on any atom is -0.473 e. The fraction of sp³-hybridized carbons (Fsp3) is 0.471. The molecule has 0 aliphatic carbocycles. The van der Waals surface area contributed by atoms with Crippen molar-refractivity contribution in [3.05, 3.63) is 24.7 Å². The number of thiol groups is 1. The van der Waals surface area contributed by atoms with Crippen LogP contribution in [0.3, 0.4) is 0 Å². The molecule has 8 nitrogen and oxygen atoms in total. The summed E-state index contributed by atoms with van der Waals surface area (Å²) in [6.07, 6.45) is 7.50. The van der Waals surface area contributed by atoms with Crippen LogP contribution in [0.1, 0.15) is 19.8 Å². The van der Waals surface area contributed by atoms with Crippen LogP contribution in [0, 0.1) is 0 Å². The molecule has 0 spiro atoms. The van der Waals surface area contributed by atoms with Crippen molar-refractivity contribution in [3.63, 3.8) is 0 Å². The highest BCUT2D eigenvalue weighted by Crippen LogP contribution is 2.30. The number of nitrogens with zero attached hydrogens (tertiary/aromatic N) is 5. The van der Waals surface area contributed by atoms with E-state index in [1.54, 1.807) is 10.9 Å². The summed E-state index contributed by atoms with van der Waals surface area (Å²) < 4.78 is 15.5. The topological polar surface area (TPSA) is 79.0 Å². The average molecular weight is 374 g/mol. The molecule has 1 unspecified atom stereocenters. The van der Waals surface area contributed by atoms with Gasteiger partial charge in [0.15, 0.2) is 0 Å². The third kappa shape index (κ3) is 3.49. The van der Waals surface area contributed by atoms with Crippen LogP contribution in [0.25, 0.3) is 16.7 Å². The summed E-state index contributed by atoms with van der Waals surface area (Å²) in [5.41, 5.74) is 2.58. The molecular formula is C17H22N6O2S. The first-order valence-corrected chi connectivity index (χ1v) is 9.19. The zero-order valence-electron chi connectivity index (χ0n) is 14.8. The van der Waals surface area contributed by atoms with Gasteiger partial charge in [0, 0.05) is 32.3 Å². The lowest BCUT2D eigenvalue weighted by Crippen LogP contribution is -2.26. The first kappa shape index (κ1) is 17.2. The van der Waals surface area contributed by atoms with Crippen molar-refractivity contribution in [1.29, 1.82) is 0 Å². The molecule has 1 aliphatic heterocycles. The van der Waals surface area contributed by atoms with Crippen LogP contribution in [-0.2, 0) is 11.8 Å². The number of hydrogen-bond donors (Lipinski definition) is 2. The number of fused-ring (bicyclic) bond motifs is 1. The van der Waals surface area contributed by atoms with E-state index in [-0.39, 0.29) is 11.5 Å². The molecule has 1 N–H and O–H groups in total. The van der Waals surface area contributed by atoms with E-state index in [0.29, 0.717) is 25.0 Å². The van der Waals surface area contributed by atoms with Gasteiger partial charge in [-0.15, -0.1) is 0 Å². The molecule has 9 heteroatoms. The van der Waals surface area contributed by atoms with Gasteiger partial charge in [-0.3, -0.25) is 4.68 Å². The summed E-state index contributed by atoms with van der Waals surface area (Å²) in [5.74, 6) is 1.07. The second-order valence-corrected chi connectivity index (χ2v) is 7.17. The van der Waals surface area contributed by atoms with E-state index in [2.05, 4.69) is 33.0 Å². The number of aryl methyl sites for hydroxylation is 1. The van der Waals surface area contributed by atoms with Crippen molar-refractivity contribution in [2.45, 2.75) is 31.2 Å². The molecule has 26 heavy (non-hydrogen) atoms. The number of ether oxygens (including phenoxy) is 2. The van der Waals surface area contributed by atoms with Gasteiger partial charge in [0.1, 0.15) is 11.6 Å². The van der Waals surface area contributed by atoms with Crippen molar-refractivity contribution in [2.24, 2.45) is 7.05 Å². The van der Waals surface area contributed by atoms with Crippen LogP contribution in [0.15, 0.2) is 24.7 Å². The standard InChI is InChI=1S/C17H22N6O2S/c1-11(26)19-17-20-14-3-6-23(12-9-18-22(2)10-12)15(14)16(21-17)25-13-4-7-24-8-5-13/h3,6,9-11,13,26H,4-5,7-8H2,1-2H3,(H,19,20,21). The van der Waals surface area contributed by atoms with Gasteiger partial charge in [-0.05, 0) is 13.0 Å². The molecule has 0 bridgehead atoms. The molecule has 1 aliphatic rings. The van der Waals surface area contributed by atoms with Gasteiger partial charge >= 0.3 is 0 Å². The quantitative estimate of drug-likeness (QED) is 0.527. The first-order chi connectivity index (χ1) is 12.6. The Morgan fingerprint density at radius 3 is 2.85 bits per heavy atom. The molecule has 1 saturated heterocycles. The summed E-state index contributed by atoms with van der Waals surface area (Å²) in [6.45, 7) is 3.35. The highest BCUT2D eigenvalue weighted by Gasteiger charge is 2.21. The second kappa shape index (κ2) is 7.16. The fourth-order valence-electron chi connectivity index (χ4n) is 3.05. The Morgan fingerprint density at radius 1 is 1.35 bits per heavy atom. The summed E-state index contributed by atoms with van der Waals surface area (Å²) in [7, 11) is 1.89. The van der Waals surface area contributed by atoms with E-state index in [4.69, 9.17) is 9.47 Å². The van der Waals surface area contributed by atoms with Gasteiger partial charge < -0.3 is 19.4 Å². The maximum absolute atomic E-state index is 6.27.